The zero-order chi connectivity index (χ0) is 17.5. The Bertz CT molecular complexity index is 745. The summed E-state index contributed by atoms with van der Waals surface area (Å²) in [5.74, 6) is 2.86. The van der Waals surface area contributed by atoms with Gasteiger partial charge in [0.2, 0.25) is 5.91 Å². The van der Waals surface area contributed by atoms with Crippen molar-refractivity contribution in [1.82, 2.24) is 4.90 Å². The Labute approximate surface area is 151 Å². The van der Waals surface area contributed by atoms with Gasteiger partial charge in [-0.3, -0.25) is 4.79 Å². The number of nitrogens with zero attached hydrogens (tertiary/aromatic N) is 1. The van der Waals surface area contributed by atoms with E-state index >= 15 is 0 Å². The van der Waals surface area contributed by atoms with Gasteiger partial charge < -0.3 is 13.7 Å². The Morgan fingerprint density at radius 3 is 2.24 bits per heavy atom. The van der Waals surface area contributed by atoms with E-state index in [1.54, 1.807) is 29.2 Å². The SMILES string of the molecule is Cc1cccc(CSCC(=O)N(Cc2ccco2)Cc2ccco2)c1. The van der Waals surface area contributed by atoms with Gasteiger partial charge in [-0.15, -0.1) is 11.8 Å². The van der Waals surface area contributed by atoms with Crippen molar-refractivity contribution in [2.24, 2.45) is 0 Å². The molecular weight excluding hydrogens is 334 g/mol. The first-order chi connectivity index (χ1) is 12.2. The van der Waals surface area contributed by atoms with Crippen molar-refractivity contribution >= 4 is 17.7 Å². The van der Waals surface area contributed by atoms with Crippen molar-refractivity contribution in [1.29, 1.82) is 0 Å². The normalized spacial score (nSPS) is 10.8. The van der Waals surface area contributed by atoms with Gasteiger partial charge in [-0.25, -0.2) is 0 Å². The van der Waals surface area contributed by atoms with Crippen LogP contribution >= 0.6 is 11.8 Å². The number of hydrogen-bond acceptors (Lipinski definition) is 4. The summed E-state index contributed by atoms with van der Waals surface area (Å²) in [5, 5.41) is 0. The lowest BCUT2D eigenvalue weighted by atomic mass is 10.2. The molecule has 0 spiro atoms. The van der Waals surface area contributed by atoms with Crippen LogP contribution in [0.2, 0.25) is 0 Å². The molecule has 0 saturated carbocycles. The molecule has 5 heteroatoms. The summed E-state index contributed by atoms with van der Waals surface area (Å²) >= 11 is 1.62. The minimum Gasteiger partial charge on any atom is -0.467 e. The van der Waals surface area contributed by atoms with E-state index < -0.39 is 0 Å². The van der Waals surface area contributed by atoms with Crippen LogP contribution in [-0.4, -0.2) is 16.6 Å². The molecule has 0 atom stereocenters. The molecule has 0 aliphatic rings. The number of benzene rings is 1. The minimum atomic E-state index is 0.0745. The number of rotatable bonds is 8. The Morgan fingerprint density at radius 2 is 1.68 bits per heavy atom. The summed E-state index contributed by atoms with van der Waals surface area (Å²) in [6, 6.07) is 15.8. The smallest absolute Gasteiger partial charge is 0.233 e. The molecule has 0 unspecified atom stereocenters. The molecule has 2 heterocycles. The summed E-state index contributed by atoms with van der Waals surface area (Å²) < 4.78 is 10.8. The van der Waals surface area contributed by atoms with Gasteiger partial charge in [-0.05, 0) is 36.8 Å². The largest absolute Gasteiger partial charge is 0.467 e. The lowest BCUT2D eigenvalue weighted by Crippen LogP contribution is -2.31. The third-order valence-electron chi connectivity index (χ3n) is 3.78. The Morgan fingerprint density at radius 1 is 1.00 bits per heavy atom. The van der Waals surface area contributed by atoms with E-state index in [0.29, 0.717) is 18.8 Å². The van der Waals surface area contributed by atoms with Gasteiger partial charge in [0.1, 0.15) is 11.5 Å². The third-order valence-corrected chi connectivity index (χ3v) is 4.77. The molecule has 0 radical (unpaired) electrons. The highest BCUT2D eigenvalue weighted by molar-refractivity contribution is 7.99. The van der Waals surface area contributed by atoms with Crippen LogP contribution in [0.5, 0.6) is 0 Å². The van der Waals surface area contributed by atoms with Crippen molar-refractivity contribution < 1.29 is 13.6 Å². The summed E-state index contributed by atoms with van der Waals surface area (Å²) in [6.07, 6.45) is 3.24. The third kappa shape index (κ3) is 5.29. The molecule has 2 aromatic heterocycles. The molecule has 4 nitrogen and oxygen atoms in total. The van der Waals surface area contributed by atoms with Crippen LogP contribution < -0.4 is 0 Å². The maximum absolute atomic E-state index is 12.7. The topological polar surface area (TPSA) is 46.6 Å². The zero-order valence-electron chi connectivity index (χ0n) is 14.2. The molecule has 0 bridgehead atoms. The van der Waals surface area contributed by atoms with E-state index in [2.05, 4.69) is 25.1 Å². The maximum atomic E-state index is 12.7. The average Bonchev–Trinajstić information content (AvgIpc) is 3.28. The van der Waals surface area contributed by atoms with Crippen LogP contribution in [0.15, 0.2) is 69.9 Å². The van der Waals surface area contributed by atoms with E-state index in [1.807, 2.05) is 30.3 Å². The van der Waals surface area contributed by atoms with Crippen LogP contribution in [0.25, 0.3) is 0 Å². The summed E-state index contributed by atoms with van der Waals surface area (Å²) in [5.41, 5.74) is 2.48. The van der Waals surface area contributed by atoms with Gasteiger partial charge >= 0.3 is 0 Å². The second-order valence-electron chi connectivity index (χ2n) is 5.89. The van der Waals surface area contributed by atoms with Gasteiger partial charge in [-0.2, -0.15) is 0 Å². The molecule has 0 aliphatic heterocycles. The molecular formula is C20H21NO3S. The van der Waals surface area contributed by atoms with Gasteiger partial charge in [0.25, 0.3) is 0 Å². The summed E-state index contributed by atoms with van der Waals surface area (Å²) in [4.78, 5) is 14.4. The predicted molar refractivity (Wildman–Crippen MR) is 99.0 cm³/mol. The fraction of sp³-hybridized carbons (Fsp3) is 0.250. The molecule has 1 amide bonds. The van der Waals surface area contributed by atoms with E-state index in [0.717, 1.165) is 17.3 Å². The van der Waals surface area contributed by atoms with E-state index in [9.17, 15) is 4.79 Å². The lowest BCUT2D eigenvalue weighted by molar-refractivity contribution is -0.130. The number of aryl methyl sites for hydroxylation is 1. The maximum Gasteiger partial charge on any atom is 0.233 e. The molecule has 0 fully saturated rings. The highest BCUT2D eigenvalue weighted by Crippen LogP contribution is 2.17. The molecule has 3 aromatic rings. The van der Waals surface area contributed by atoms with Gasteiger partial charge in [0.15, 0.2) is 0 Å². The van der Waals surface area contributed by atoms with Crippen LogP contribution in [0.4, 0.5) is 0 Å². The Kier molecular flexibility index (Phi) is 6.01. The van der Waals surface area contributed by atoms with Crippen molar-refractivity contribution in [3.63, 3.8) is 0 Å². The molecule has 25 heavy (non-hydrogen) atoms. The number of carbonyl (C=O) groups excluding carboxylic acids is 1. The van der Waals surface area contributed by atoms with Gasteiger partial charge in [-0.1, -0.05) is 29.8 Å². The molecule has 130 valence electrons. The molecule has 3 rings (SSSR count). The lowest BCUT2D eigenvalue weighted by Gasteiger charge is -2.20. The Hall–Kier alpha value is -2.40. The first kappa shape index (κ1) is 17.4. The second kappa shape index (κ2) is 8.62. The summed E-state index contributed by atoms with van der Waals surface area (Å²) in [7, 11) is 0. The number of carbonyl (C=O) groups is 1. The van der Waals surface area contributed by atoms with Crippen molar-refractivity contribution in [2.45, 2.75) is 25.8 Å². The van der Waals surface area contributed by atoms with Crippen molar-refractivity contribution in [2.75, 3.05) is 5.75 Å². The van der Waals surface area contributed by atoms with Crippen LogP contribution in [0.1, 0.15) is 22.6 Å². The van der Waals surface area contributed by atoms with Crippen molar-refractivity contribution in [3.8, 4) is 0 Å². The number of amides is 1. The first-order valence-electron chi connectivity index (χ1n) is 8.16. The monoisotopic (exact) mass is 355 g/mol. The first-order valence-corrected chi connectivity index (χ1v) is 9.32. The average molecular weight is 355 g/mol. The molecule has 0 N–H and O–H groups in total. The molecule has 1 aromatic carbocycles. The van der Waals surface area contributed by atoms with Crippen LogP contribution in [-0.2, 0) is 23.6 Å². The number of thioether (sulfide) groups is 1. The second-order valence-corrected chi connectivity index (χ2v) is 6.88. The number of furan rings is 2. The predicted octanol–water partition coefficient (Wildman–Crippen LogP) is 4.64. The summed E-state index contributed by atoms with van der Waals surface area (Å²) in [6.45, 7) is 2.96. The standard InChI is InChI=1S/C20H21NO3S/c1-16-5-2-6-17(11-16)14-25-15-20(22)21(12-18-7-3-9-23-18)13-19-8-4-10-24-19/h2-11H,12-15H2,1H3. The highest BCUT2D eigenvalue weighted by Gasteiger charge is 2.17. The van der Waals surface area contributed by atoms with Gasteiger partial charge in [0, 0.05) is 5.75 Å². The molecule has 0 saturated heterocycles. The van der Waals surface area contributed by atoms with E-state index in [-0.39, 0.29) is 5.91 Å². The molecule has 0 aliphatic carbocycles. The zero-order valence-corrected chi connectivity index (χ0v) is 15.0. The minimum absolute atomic E-state index is 0.0745. The van der Waals surface area contributed by atoms with E-state index in [1.165, 1.54) is 11.1 Å². The van der Waals surface area contributed by atoms with Crippen LogP contribution in [0, 0.1) is 6.92 Å². The van der Waals surface area contributed by atoms with Crippen LogP contribution in [0.3, 0.4) is 0 Å². The fourth-order valence-corrected chi connectivity index (χ4v) is 3.44. The Balaban J connectivity index is 1.58. The van der Waals surface area contributed by atoms with Gasteiger partial charge in [0.05, 0.1) is 31.4 Å². The quantitative estimate of drug-likeness (QED) is 0.590. The fourth-order valence-electron chi connectivity index (χ4n) is 2.56. The van der Waals surface area contributed by atoms with E-state index in [4.69, 9.17) is 8.83 Å². The number of hydrogen-bond donors (Lipinski definition) is 0. The highest BCUT2D eigenvalue weighted by atomic mass is 32.2. The van der Waals surface area contributed by atoms with Crippen molar-refractivity contribution in [3.05, 3.63) is 83.7 Å².